The Hall–Kier alpha value is -2.90. The topological polar surface area (TPSA) is 136 Å². The molecule has 3 heterocycles. The number of sulfonamides is 1. The molecule has 0 spiro atoms. The van der Waals surface area contributed by atoms with Gasteiger partial charge in [-0.05, 0) is 31.9 Å². The van der Waals surface area contributed by atoms with Crippen LogP contribution >= 0.6 is 11.7 Å². The number of amides is 1. The summed E-state index contributed by atoms with van der Waals surface area (Å²) in [5.41, 5.74) is 1.75. The Morgan fingerprint density at radius 2 is 2.00 bits per heavy atom. The Morgan fingerprint density at radius 1 is 1.25 bits per heavy atom. The summed E-state index contributed by atoms with van der Waals surface area (Å²) < 4.78 is 41.9. The van der Waals surface area contributed by atoms with E-state index < -0.39 is 34.4 Å². The minimum absolute atomic E-state index is 0.000490. The molecule has 1 aliphatic rings. The second kappa shape index (κ2) is 8.92. The first-order valence-electron chi connectivity index (χ1n) is 9.93. The van der Waals surface area contributed by atoms with Gasteiger partial charge in [-0.25, -0.2) is 13.4 Å². The summed E-state index contributed by atoms with van der Waals surface area (Å²) in [4.78, 5) is 28.7. The number of rotatable bonds is 6. The molecule has 2 aromatic heterocycles. The van der Waals surface area contributed by atoms with Crippen molar-refractivity contribution in [3.8, 4) is 0 Å². The predicted molar refractivity (Wildman–Crippen MR) is 116 cm³/mol. The monoisotopic (exact) mass is 478 g/mol. The summed E-state index contributed by atoms with van der Waals surface area (Å²) >= 11 is 1.04. The number of hydrogen-bond donors (Lipinski definition) is 1. The molecule has 1 amide bonds. The average Bonchev–Trinajstić information content (AvgIpc) is 3.39. The number of ether oxygens (including phenoxy) is 1. The molecule has 0 unspecified atom stereocenters. The first-order chi connectivity index (χ1) is 15.3. The van der Waals surface area contributed by atoms with Crippen molar-refractivity contribution in [3.63, 3.8) is 0 Å². The molecule has 0 saturated carbocycles. The molecule has 0 radical (unpaired) electrons. The van der Waals surface area contributed by atoms with Gasteiger partial charge in [-0.1, -0.05) is 6.07 Å². The van der Waals surface area contributed by atoms with Gasteiger partial charge >= 0.3 is 5.97 Å². The zero-order chi connectivity index (χ0) is 22.9. The number of piperidine rings is 1. The molecular formula is C19H22N6O5S2. The van der Waals surface area contributed by atoms with E-state index in [9.17, 15) is 18.0 Å². The van der Waals surface area contributed by atoms with E-state index in [1.807, 2.05) is 0 Å². The van der Waals surface area contributed by atoms with Crippen molar-refractivity contribution >= 4 is 50.3 Å². The van der Waals surface area contributed by atoms with Crippen molar-refractivity contribution in [1.29, 1.82) is 0 Å². The Labute approximate surface area is 188 Å². The van der Waals surface area contributed by atoms with Crippen LogP contribution in [0.25, 0.3) is 11.0 Å². The molecule has 13 heteroatoms. The minimum atomic E-state index is -3.71. The Kier molecular flexibility index (Phi) is 6.22. The summed E-state index contributed by atoms with van der Waals surface area (Å²) in [7, 11) is -1.98. The molecule has 0 atom stereocenters. The summed E-state index contributed by atoms with van der Waals surface area (Å²) in [6, 6.07) is 5.23. The van der Waals surface area contributed by atoms with Crippen molar-refractivity contribution in [2.75, 3.05) is 25.0 Å². The van der Waals surface area contributed by atoms with Crippen molar-refractivity contribution in [2.24, 2.45) is 13.0 Å². The van der Waals surface area contributed by atoms with Gasteiger partial charge in [-0.2, -0.15) is 13.1 Å². The quantitative estimate of drug-likeness (QED) is 0.524. The van der Waals surface area contributed by atoms with Crippen LogP contribution in [0.2, 0.25) is 0 Å². The number of carbonyl (C=O) groups is 2. The minimum Gasteiger partial charge on any atom is -0.455 e. The van der Waals surface area contributed by atoms with Gasteiger partial charge in [-0.3, -0.25) is 9.59 Å². The van der Waals surface area contributed by atoms with Crippen LogP contribution in [0.5, 0.6) is 0 Å². The molecule has 1 fully saturated rings. The number of imidazole rings is 1. The number of nitrogens with one attached hydrogen (secondary N) is 1. The highest BCUT2D eigenvalue weighted by molar-refractivity contribution is 7.89. The van der Waals surface area contributed by atoms with Crippen LogP contribution in [0, 0.1) is 12.8 Å². The first-order valence-corrected chi connectivity index (χ1v) is 12.1. The van der Waals surface area contributed by atoms with Gasteiger partial charge < -0.3 is 14.6 Å². The lowest BCUT2D eigenvalue weighted by Gasteiger charge is -2.29. The van der Waals surface area contributed by atoms with Gasteiger partial charge in [0.2, 0.25) is 0 Å². The van der Waals surface area contributed by atoms with E-state index >= 15 is 0 Å². The van der Waals surface area contributed by atoms with Gasteiger partial charge in [0, 0.05) is 26.3 Å². The Morgan fingerprint density at radius 3 is 2.69 bits per heavy atom. The number of hydrogen-bond acceptors (Lipinski definition) is 9. The number of nitrogens with zero attached hydrogens (tertiary/aromatic N) is 5. The zero-order valence-corrected chi connectivity index (χ0v) is 19.1. The Balaban J connectivity index is 1.28. The molecule has 1 aromatic carbocycles. The lowest BCUT2D eigenvalue weighted by Crippen LogP contribution is -2.41. The maximum atomic E-state index is 12.8. The number of benzene rings is 1. The summed E-state index contributed by atoms with van der Waals surface area (Å²) in [5.74, 6) is -0.864. The number of aromatic nitrogens is 4. The van der Waals surface area contributed by atoms with Crippen LogP contribution in [0.15, 0.2) is 29.4 Å². The standard InChI is InChI=1S/C19H22N6O5S2/c1-12-20-17(10-24(12)2)32(28,29)25-8-6-13(7-9-25)19(27)30-11-16(26)21-14-4-3-5-15-18(14)23-31-22-15/h3-5,10,13H,6-9,11H2,1-2H3,(H,21,26). The van der Waals surface area contributed by atoms with Crippen molar-refractivity contribution in [3.05, 3.63) is 30.2 Å². The van der Waals surface area contributed by atoms with E-state index in [0.717, 1.165) is 11.7 Å². The lowest BCUT2D eigenvalue weighted by molar-refractivity contribution is -0.152. The van der Waals surface area contributed by atoms with Gasteiger partial charge in [0.15, 0.2) is 11.6 Å². The summed E-state index contributed by atoms with van der Waals surface area (Å²) in [5, 5.41) is 2.67. The summed E-state index contributed by atoms with van der Waals surface area (Å²) in [6.07, 6.45) is 2.11. The zero-order valence-electron chi connectivity index (χ0n) is 17.5. The molecule has 32 heavy (non-hydrogen) atoms. The van der Waals surface area contributed by atoms with E-state index in [4.69, 9.17) is 4.74 Å². The molecular weight excluding hydrogens is 456 g/mol. The maximum Gasteiger partial charge on any atom is 0.309 e. The third-order valence-electron chi connectivity index (χ3n) is 5.38. The smallest absolute Gasteiger partial charge is 0.309 e. The van der Waals surface area contributed by atoms with Gasteiger partial charge in [-0.15, -0.1) is 0 Å². The van der Waals surface area contributed by atoms with Crippen LogP contribution in [-0.4, -0.2) is 62.6 Å². The molecule has 0 bridgehead atoms. The fourth-order valence-corrected chi connectivity index (χ4v) is 5.51. The molecule has 4 rings (SSSR count). The lowest BCUT2D eigenvalue weighted by atomic mass is 9.98. The van der Waals surface area contributed by atoms with Gasteiger partial charge in [0.05, 0.1) is 23.3 Å². The number of aryl methyl sites for hydroxylation is 2. The van der Waals surface area contributed by atoms with Crippen molar-refractivity contribution < 1.29 is 22.7 Å². The third-order valence-corrected chi connectivity index (χ3v) is 7.70. The molecule has 170 valence electrons. The number of carbonyl (C=O) groups excluding carboxylic acids is 2. The van der Waals surface area contributed by atoms with Gasteiger partial charge in [0.1, 0.15) is 16.9 Å². The highest BCUT2D eigenvalue weighted by Gasteiger charge is 2.34. The fraction of sp³-hybridized carbons (Fsp3) is 0.421. The van der Waals surface area contributed by atoms with E-state index in [1.165, 1.54) is 10.5 Å². The van der Waals surface area contributed by atoms with Crippen LogP contribution in [-0.2, 0) is 31.4 Å². The molecule has 3 aromatic rings. The largest absolute Gasteiger partial charge is 0.455 e. The third kappa shape index (κ3) is 4.49. The summed E-state index contributed by atoms with van der Waals surface area (Å²) in [6.45, 7) is 1.66. The highest BCUT2D eigenvalue weighted by atomic mass is 32.2. The van der Waals surface area contributed by atoms with Crippen molar-refractivity contribution in [2.45, 2.75) is 24.8 Å². The average molecular weight is 479 g/mol. The highest BCUT2D eigenvalue weighted by Crippen LogP contribution is 2.25. The van der Waals surface area contributed by atoms with E-state index in [0.29, 0.717) is 35.4 Å². The fourth-order valence-electron chi connectivity index (χ4n) is 3.46. The van der Waals surface area contributed by atoms with Crippen molar-refractivity contribution in [1.82, 2.24) is 22.6 Å². The molecule has 0 aliphatic carbocycles. The SMILES string of the molecule is Cc1nc(S(=O)(=O)N2CCC(C(=O)OCC(=O)Nc3cccc4nsnc34)CC2)cn1C. The predicted octanol–water partition coefficient (Wildman–Crippen LogP) is 1.32. The molecule has 1 N–H and O–H groups in total. The number of esters is 1. The molecule has 1 saturated heterocycles. The number of anilines is 1. The van der Waals surface area contributed by atoms with Crippen LogP contribution in [0.3, 0.4) is 0 Å². The van der Waals surface area contributed by atoms with Crippen LogP contribution in [0.1, 0.15) is 18.7 Å². The normalized spacial score (nSPS) is 15.7. The van der Waals surface area contributed by atoms with Crippen LogP contribution < -0.4 is 5.32 Å². The number of fused-ring (bicyclic) bond motifs is 1. The molecule has 11 nitrogen and oxygen atoms in total. The van der Waals surface area contributed by atoms with E-state index in [1.54, 1.807) is 36.7 Å². The van der Waals surface area contributed by atoms with Crippen LogP contribution in [0.4, 0.5) is 5.69 Å². The first kappa shape index (κ1) is 22.3. The maximum absolute atomic E-state index is 12.8. The van der Waals surface area contributed by atoms with E-state index in [-0.39, 0.29) is 18.1 Å². The second-order valence-electron chi connectivity index (χ2n) is 7.51. The Bertz CT molecular complexity index is 1240. The second-order valence-corrected chi connectivity index (χ2v) is 9.92. The van der Waals surface area contributed by atoms with Gasteiger partial charge in [0.25, 0.3) is 15.9 Å². The molecule has 1 aliphatic heterocycles. The van der Waals surface area contributed by atoms with E-state index in [2.05, 4.69) is 19.0 Å².